The van der Waals surface area contributed by atoms with Crippen LogP contribution in [0.15, 0.2) is 77.9 Å². The first-order chi connectivity index (χ1) is 18.7. The summed E-state index contributed by atoms with van der Waals surface area (Å²) in [6.07, 6.45) is 1.44. The van der Waals surface area contributed by atoms with Crippen molar-refractivity contribution in [2.75, 3.05) is 0 Å². The van der Waals surface area contributed by atoms with Gasteiger partial charge >= 0.3 is 0 Å². The molecule has 0 unspecified atom stereocenters. The highest BCUT2D eigenvalue weighted by Gasteiger charge is 2.28. The van der Waals surface area contributed by atoms with Crippen LogP contribution in [0.3, 0.4) is 0 Å². The zero-order valence-electron chi connectivity index (χ0n) is 19.6. The van der Waals surface area contributed by atoms with Crippen LogP contribution in [0, 0.1) is 0 Å². The first kappa shape index (κ1) is 27.2. The Hall–Kier alpha value is -3.39. The summed E-state index contributed by atoms with van der Waals surface area (Å²) in [5.41, 5.74) is 5.25. The predicted octanol–water partition coefficient (Wildman–Crippen LogP) is 8.49. The molecule has 0 aliphatic rings. The number of H-pyrrole nitrogens is 1. The Morgan fingerprint density at radius 2 is 1.49 bits per heavy atom. The van der Waals surface area contributed by atoms with E-state index in [2.05, 4.69) is 20.5 Å². The first-order valence-electron chi connectivity index (χ1n) is 11.3. The Kier molecular flexibility index (Phi) is 7.93. The van der Waals surface area contributed by atoms with Crippen molar-refractivity contribution in [3.8, 4) is 11.4 Å². The molecule has 39 heavy (non-hydrogen) atoms. The van der Waals surface area contributed by atoms with Crippen molar-refractivity contribution in [2.45, 2.75) is 0 Å². The number of carbonyl (C=O) groups is 2. The molecule has 0 fully saturated rings. The summed E-state index contributed by atoms with van der Waals surface area (Å²) in [5.74, 6) is -0.643. The summed E-state index contributed by atoms with van der Waals surface area (Å²) < 4.78 is 0. The third kappa shape index (κ3) is 5.53. The van der Waals surface area contributed by atoms with Gasteiger partial charge in [0.25, 0.3) is 5.91 Å². The molecule has 1 heterocycles. The maximum absolute atomic E-state index is 13.3. The number of hydrogen-bond donors (Lipinski definition) is 2. The number of benzene rings is 4. The number of carbonyl (C=O) groups excluding carboxylic acids is 2. The maximum Gasteiger partial charge on any atom is 0.273 e. The highest BCUT2D eigenvalue weighted by atomic mass is 35.5. The fourth-order valence-corrected chi connectivity index (χ4v) is 5.02. The van der Waals surface area contributed by atoms with E-state index < -0.39 is 5.91 Å². The smallest absolute Gasteiger partial charge is 0.273 e. The number of aromatic nitrogens is 2. The lowest BCUT2D eigenvalue weighted by Gasteiger charge is -2.14. The topological polar surface area (TPSA) is 87.2 Å². The van der Waals surface area contributed by atoms with Gasteiger partial charge in [-0.1, -0.05) is 100 Å². The minimum atomic E-state index is -0.693. The molecule has 4 aromatic carbocycles. The number of nitrogens with zero attached hydrogens (tertiary/aromatic N) is 2. The molecular formula is C28H15Cl5N4O2. The second kappa shape index (κ2) is 11.4. The van der Waals surface area contributed by atoms with Crippen LogP contribution in [0.25, 0.3) is 22.4 Å². The summed E-state index contributed by atoms with van der Waals surface area (Å²) >= 11 is 31.6. The molecule has 0 saturated carbocycles. The van der Waals surface area contributed by atoms with Gasteiger partial charge < -0.3 is 4.98 Å². The Labute approximate surface area is 247 Å². The SMILES string of the molecule is O=C(c1ccccc1)c1ccc2nc(-c3c(Cl)c(Cl)c(Cl)c(Cl)c3C(=O)NN=Cc3ccc(Cl)cc3)[nH]c2c1. The molecule has 5 aromatic rings. The number of hydrazone groups is 1. The van der Waals surface area contributed by atoms with Crippen LogP contribution in [-0.2, 0) is 0 Å². The van der Waals surface area contributed by atoms with E-state index in [1.807, 2.05) is 6.07 Å². The Bertz CT molecular complexity index is 1770. The van der Waals surface area contributed by atoms with Gasteiger partial charge in [-0.15, -0.1) is 0 Å². The number of imidazole rings is 1. The maximum atomic E-state index is 13.3. The van der Waals surface area contributed by atoms with Crippen LogP contribution in [0.2, 0.25) is 25.1 Å². The molecule has 5 rings (SSSR count). The summed E-state index contributed by atoms with van der Waals surface area (Å²) in [5, 5.41) is 4.28. The molecular weight excluding hydrogens is 602 g/mol. The average molecular weight is 617 g/mol. The van der Waals surface area contributed by atoms with E-state index in [4.69, 9.17) is 58.0 Å². The standard InChI is InChI=1S/C28H15Cl5N4O2/c29-17-9-6-14(7-10-17)13-34-37-28(39)21-20(22(30)24(32)25(33)23(21)31)27-35-18-11-8-16(12-19(18)36-27)26(38)15-4-2-1-3-5-15/h1-13H,(H,35,36)(H,37,39). The van der Waals surface area contributed by atoms with Gasteiger partial charge in [0.15, 0.2) is 5.78 Å². The normalized spacial score (nSPS) is 11.3. The Balaban J connectivity index is 1.54. The lowest BCUT2D eigenvalue weighted by molar-refractivity contribution is 0.0955. The lowest BCUT2D eigenvalue weighted by atomic mass is 10.0. The van der Waals surface area contributed by atoms with E-state index in [0.29, 0.717) is 32.7 Å². The van der Waals surface area contributed by atoms with Crippen LogP contribution in [0.1, 0.15) is 31.8 Å². The van der Waals surface area contributed by atoms with Crippen LogP contribution in [0.5, 0.6) is 0 Å². The second-order valence-corrected chi connectivity index (χ2v) is 10.2. The summed E-state index contributed by atoms with van der Waals surface area (Å²) in [7, 11) is 0. The average Bonchev–Trinajstić information content (AvgIpc) is 3.37. The van der Waals surface area contributed by atoms with E-state index in [-0.39, 0.29) is 42.8 Å². The van der Waals surface area contributed by atoms with Gasteiger partial charge in [-0.2, -0.15) is 5.10 Å². The van der Waals surface area contributed by atoms with Gasteiger partial charge in [0, 0.05) is 16.1 Å². The number of nitrogens with one attached hydrogen (secondary N) is 2. The van der Waals surface area contributed by atoms with Gasteiger partial charge in [-0.25, -0.2) is 10.4 Å². The van der Waals surface area contributed by atoms with Crippen molar-refractivity contribution >= 4 is 86.9 Å². The predicted molar refractivity (Wildman–Crippen MR) is 158 cm³/mol. The molecule has 11 heteroatoms. The van der Waals surface area contributed by atoms with Crippen molar-refractivity contribution in [1.29, 1.82) is 0 Å². The fourth-order valence-electron chi connectivity index (χ4n) is 3.86. The van der Waals surface area contributed by atoms with Crippen molar-refractivity contribution < 1.29 is 9.59 Å². The molecule has 194 valence electrons. The van der Waals surface area contributed by atoms with Crippen LogP contribution >= 0.6 is 58.0 Å². The van der Waals surface area contributed by atoms with E-state index in [1.165, 1.54) is 6.21 Å². The van der Waals surface area contributed by atoms with Crippen molar-refractivity contribution in [1.82, 2.24) is 15.4 Å². The zero-order chi connectivity index (χ0) is 27.7. The van der Waals surface area contributed by atoms with E-state index in [0.717, 1.165) is 0 Å². The Morgan fingerprint density at radius 3 is 2.21 bits per heavy atom. The molecule has 0 bridgehead atoms. The van der Waals surface area contributed by atoms with Crippen molar-refractivity contribution in [3.05, 3.63) is 120 Å². The van der Waals surface area contributed by atoms with Gasteiger partial charge in [0.1, 0.15) is 5.82 Å². The highest BCUT2D eigenvalue weighted by Crippen LogP contribution is 2.45. The van der Waals surface area contributed by atoms with Gasteiger partial charge in [0.05, 0.1) is 48.5 Å². The molecule has 1 amide bonds. The third-order valence-corrected chi connectivity index (χ3v) is 7.81. The zero-order valence-corrected chi connectivity index (χ0v) is 23.4. The quantitative estimate of drug-likeness (QED) is 0.0659. The van der Waals surface area contributed by atoms with Crippen LogP contribution in [-0.4, -0.2) is 27.9 Å². The number of ketones is 1. The second-order valence-electron chi connectivity index (χ2n) is 8.27. The molecule has 0 aliphatic heterocycles. The minimum Gasteiger partial charge on any atom is -0.338 e. The van der Waals surface area contributed by atoms with Gasteiger partial charge in [0.2, 0.25) is 0 Å². The van der Waals surface area contributed by atoms with Crippen molar-refractivity contribution in [2.24, 2.45) is 5.10 Å². The molecule has 6 nitrogen and oxygen atoms in total. The van der Waals surface area contributed by atoms with E-state index >= 15 is 0 Å². The fraction of sp³-hybridized carbons (Fsp3) is 0. The molecule has 0 aliphatic carbocycles. The van der Waals surface area contributed by atoms with Crippen LogP contribution in [0.4, 0.5) is 0 Å². The largest absolute Gasteiger partial charge is 0.338 e. The number of aromatic amines is 1. The third-order valence-electron chi connectivity index (χ3n) is 5.76. The van der Waals surface area contributed by atoms with Crippen molar-refractivity contribution in [3.63, 3.8) is 0 Å². The summed E-state index contributed by atoms with van der Waals surface area (Å²) in [6.45, 7) is 0. The number of rotatable bonds is 6. The number of amides is 1. The lowest BCUT2D eigenvalue weighted by Crippen LogP contribution is -2.20. The number of hydrogen-bond acceptors (Lipinski definition) is 4. The summed E-state index contributed by atoms with van der Waals surface area (Å²) in [4.78, 5) is 33.9. The van der Waals surface area contributed by atoms with E-state index in [9.17, 15) is 9.59 Å². The molecule has 0 spiro atoms. The first-order valence-corrected chi connectivity index (χ1v) is 13.2. The Morgan fingerprint density at radius 1 is 0.795 bits per heavy atom. The molecule has 1 aromatic heterocycles. The minimum absolute atomic E-state index is 0.0301. The number of fused-ring (bicyclic) bond motifs is 1. The summed E-state index contributed by atoms with van der Waals surface area (Å²) in [6, 6.07) is 20.8. The monoisotopic (exact) mass is 614 g/mol. The molecule has 2 N–H and O–H groups in total. The van der Waals surface area contributed by atoms with Crippen LogP contribution < -0.4 is 5.43 Å². The molecule has 0 radical (unpaired) electrons. The molecule has 0 saturated heterocycles. The highest BCUT2D eigenvalue weighted by molar-refractivity contribution is 6.54. The molecule has 0 atom stereocenters. The number of halogens is 5. The van der Waals surface area contributed by atoms with E-state index in [1.54, 1.807) is 66.7 Å². The van der Waals surface area contributed by atoms with Gasteiger partial charge in [-0.05, 0) is 35.9 Å². The van der Waals surface area contributed by atoms with Gasteiger partial charge in [-0.3, -0.25) is 9.59 Å².